The van der Waals surface area contributed by atoms with Crippen molar-refractivity contribution in [2.75, 3.05) is 0 Å². The van der Waals surface area contributed by atoms with Crippen molar-refractivity contribution in [3.05, 3.63) is 98.2 Å². The lowest BCUT2D eigenvalue weighted by Gasteiger charge is -2.09. The fraction of sp³-hybridized carbons (Fsp3) is 0.125. The van der Waals surface area contributed by atoms with Gasteiger partial charge in [0.05, 0.1) is 5.56 Å². The molecule has 1 aliphatic heterocycles. The predicted octanol–water partition coefficient (Wildman–Crippen LogP) is 6.81. The van der Waals surface area contributed by atoms with Crippen molar-refractivity contribution < 1.29 is 14.3 Å². The van der Waals surface area contributed by atoms with Crippen LogP contribution in [0.1, 0.15) is 32.6 Å². The van der Waals surface area contributed by atoms with Crippen LogP contribution in [-0.4, -0.2) is 5.78 Å². The monoisotopic (exact) mass is 424 g/mol. The van der Waals surface area contributed by atoms with Gasteiger partial charge in [-0.1, -0.05) is 59.1 Å². The Labute approximate surface area is 179 Å². The Balaban J connectivity index is 1.57. The Morgan fingerprint density at radius 1 is 1.00 bits per heavy atom. The average Bonchev–Trinajstić information content (AvgIpc) is 2.99. The molecule has 0 unspecified atom stereocenters. The average molecular weight is 425 g/mol. The summed E-state index contributed by atoms with van der Waals surface area (Å²) < 4.78 is 11.8. The highest BCUT2D eigenvalue weighted by molar-refractivity contribution is 6.35. The molecule has 0 amide bonds. The minimum Gasteiger partial charge on any atom is -0.489 e. The standard InChI is InChI=1S/C24H18Cl2O3/c1-14-3-5-16(6-4-14)13-28-19-9-15(2)23-21(12-19)29-22(24(23)27)10-17-7-8-18(25)11-20(17)26/h3-12H,13H2,1-2H3/b22-10-. The van der Waals surface area contributed by atoms with E-state index in [0.29, 0.717) is 39.3 Å². The van der Waals surface area contributed by atoms with Gasteiger partial charge in [-0.3, -0.25) is 4.79 Å². The molecule has 29 heavy (non-hydrogen) atoms. The summed E-state index contributed by atoms with van der Waals surface area (Å²) in [5.41, 5.74) is 4.29. The van der Waals surface area contributed by atoms with E-state index in [0.717, 1.165) is 11.1 Å². The van der Waals surface area contributed by atoms with Gasteiger partial charge in [0.2, 0.25) is 5.78 Å². The zero-order valence-corrected chi connectivity index (χ0v) is 17.5. The van der Waals surface area contributed by atoms with Crippen LogP contribution in [0.2, 0.25) is 10.0 Å². The number of benzene rings is 3. The lowest BCUT2D eigenvalue weighted by molar-refractivity contribution is 0.101. The number of halogens is 2. The second-order valence-corrected chi connectivity index (χ2v) is 7.84. The van der Waals surface area contributed by atoms with Crippen LogP contribution in [-0.2, 0) is 6.61 Å². The number of hydrogen-bond donors (Lipinski definition) is 0. The molecule has 146 valence electrons. The van der Waals surface area contributed by atoms with Crippen LogP contribution < -0.4 is 9.47 Å². The van der Waals surface area contributed by atoms with Gasteiger partial charge in [-0.2, -0.15) is 0 Å². The summed E-state index contributed by atoms with van der Waals surface area (Å²) in [6.07, 6.45) is 1.63. The molecule has 0 radical (unpaired) electrons. The molecule has 0 saturated heterocycles. The van der Waals surface area contributed by atoms with E-state index in [1.807, 2.05) is 44.2 Å². The molecule has 5 heteroatoms. The minimum absolute atomic E-state index is 0.173. The number of hydrogen-bond acceptors (Lipinski definition) is 3. The first kappa shape index (κ1) is 19.6. The van der Waals surface area contributed by atoms with E-state index in [4.69, 9.17) is 32.7 Å². The van der Waals surface area contributed by atoms with E-state index in [1.54, 1.807) is 30.3 Å². The fourth-order valence-corrected chi connectivity index (χ4v) is 3.63. The quantitative estimate of drug-likeness (QED) is 0.431. The Bertz CT molecular complexity index is 1130. The highest BCUT2D eigenvalue weighted by Crippen LogP contribution is 2.38. The van der Waals surface area contributed by atoms with E-state index in [2.05, 4.69) is 0 Å². The number of ketones is 1. The fourth-order valence-electron chi connectivity index (χ4n) is 3.17. The smallest absolute Gasteiger partial charge is 0.232 e. The Morgan fingerprint density at radius 3 is 2.48 bits per heavy atom. The zero-order chi connectivity index (χ0) is 20.5. The maximum absolute atomic E-state index is 12.8. The normalized spacial score (nSPS) is 14.1. The molecule has 3 aromatic carbocycles. The third-order valence-corrected chi connectivity index (χ3v) is 5.28. The minimum atomic E-state index is -0.173. The van der Waals surface area contributed by atoms with Crippen LogP contribution in [0.15, 0.2) is 60.4 Å². The predicted molar refractivity (Wildman–Crippen MR) is 116 cm³/mol. The molecule has 1 heterocycles. The van der Waals surface area contributed by atoms with Crippen molar-refractivity contribution in [2.45, 2.75) is 20.5 Å². The van der Waals surface area contributed by atoms with Crippen molar-refractivity contribution in [1.29, 1.82) is 0 Å². The lowest BCUT2D eigenvalue weighted by Crippen LogP contribution is -2.00. The van der Waals surface area contributed by atoms with Gasteiger partial charge in [0.15, 0.2) is 5.76 Å². The number of Topliss-reactive ketones (excluding diaryl/α,β-unsaturated/α-hetero) is 1. The molecule has 0 atom stereocenters. The van der Waals surface area contributed by atoms with Gasteiger partial charge in [0.25, 0.3) is 0 Å². The topological polar surface area (TPSA) is 35.5 Å². The summed E-state index contributed by atoms with van der Waals surface area (Å²) in [5.74, 6) is 1.20. The number of carbonyl (C=O) groups is 1. The summed E-state index contributed by atoms with van der Waals surface area (Å²) in [6.45, 7) is 4.36. The summed E-state index contributed by atoms with van der Waals surface area (Å²) >= 11 is 12.2. The Morgan fingerprint density at radius 2 is 1.76 bits per heavy atom. The molecule has 0 aliphatic carbocycles. The summed E-state index contributed by atoms with van der Waals surface area (Å²) in [4.78, 5) is 12.8. The molecular weight excluding hydrogens is 407 g/mol. The molecule has 0 fully saturated rings. The van der Waals surface area contributed by atoms with Crippen molar-refractivity contribution in [3.8, 4) is 11.5 Å². The second kappa shape index (κ2) is 7.94. The molecule has 0 saturated carbocycles. The molecule has 1 aliphatic rings. The molecule has 4 rings (SSSR count). The van der Waals surface area contributed by atoms with Gasteiger partial charge in [0, 0.05) is 16.1 Å². The summed E-state index contributed by atoms with van der Waals surface area (Å²) in [6, 6.07) is 16.9. The number of rotatable bonds is 4. The van der Waals surface area contributed by atoms with Crippen molar-refractivity contribution in [1.82, 2.24) is 0 Å². The van der Waals surface area contributed by atoms with Gasteiger partial charge < -0.3 is 9.47 Å². The van der Waals surface area contributed by atoms with Crippen LogP contribution in [0.25, 0.3) is 6.08 Å². The van der Waals surface area contributed by atoms with Gasteiger partial charge in [-0.25, -0.2) is 0 Å². The third-order valence-electron chi connectivity index (χ3n) is 4.72. The number of ether oxygens (including phenoxy) is 2. The van der Waals surface area contributed by atoms with Crippen LogP contribution in [0, 0.1) is 13.8 Å². The van der Waals surface area contributed by atoms with Gasteiger partial charge in [0.1, 0.15) is 18.1 Å². The first-order valence-electron chi connectivity index (χ1n) is 9.13. The summed E-state index contributed by atoms with van der Waals surface area (Å²) in [5, 5.41) is 0.988. The number of fused-ring (bicyclic) bond motifs is 1. The van der Waals surface area contributed by atoms with E-state index in [1.165, 1.54) is 5.56 Å². The molecular formula is C24H18Cl2O3. The van der Waals surface area contributed by atoms with Crippen molar-refractivity contribution in [3.63, 3.8) is 0 Å². The number of carbonyl (C=O) groups excluding carboxylic acids is 1. The maximum Gasteiger partial charge on any atom is 0.232 e. The van der Waals surface area contributed by atoms with Crippen LogP contribution in [0.4, 0.5) is 0 Å². The molecule has 0 N–H and O–H groups in total. The zero-order valence-electron chi connectivity index (χ0n) is 16.0. The van der Waals surface area contributed by atoms with Gasteiger partial charge in [-0.15, -0.1) is 0 Å². The first-order valence-corrected chi connectivity index (χ1v) is 9.88. The summed E-state index contributed by atoms with van der Waals surface area (Å²) in [7, 11) is 0. The molecule has 0 aromatic heterocycles. The van der Waals surface area contributed by atoms with E-state index >= 15 is 0 Å². The maximum atomic E-state index is 12.8. The third kappa shape index (κ3) is 4.16. The largest absolute Gasteiger partial charge is 0.489 e. The van der Waals surface area contributed by atoms with Crippen LogP contribution in [0.3, 0.4) is 0 Å². The number of aryl methyl sites for hydroxylation is 2. The number of allylic oxidation sites excluding steroid dienone is 1. The van der Waals surface area contributed by atoms with Gasteiger partial charge >= 0.3 is 0 Å². The highest BCUT2D eigenvalue weighted by atomic mass is 35.5. The first-order chi connectivity index (χ1) is 13.9. The van der Waals surface area contributed by atoms with E-state index in [9.17, 15) is 4.79 Å². The van der Waals surface area contributed by atoms with Crippen molar-refractivity contribution in [2.24, 2.45) is 0 Å². The van der Waals surface area contributed by atoms with Crippen LogP contribution in [0.5, 0.6) is 11.5 Å². The van der Waals surface area contributed by atoms with E-state index in [-0.39, 0.29) is 11.5 Å². The molecule has 0 spiro atoms. The Kier molecular flexibility index (Phi) is 5.35. The molecule has 3 nitrogen and oxygen atoms in total. The van der Waals surface area contributed by atoms with Crippen molar-refractivity contribution >= 4 is 35.1 Å². The SMILES string of the molecule is Cc1ccc(COc2cc(C)c3c(c2)O/C(=C\c2ccc(Cl)cc2Cl)C3=O)cc1. The second-order valence-electron chi connectivity index (χ2n) is 6.99. The highest BCUT2D eigenvalue weighted by Gasteiger charge is 2.30. The van der Waals surface area contributed by atoms with Gasteiger partial charge in [-0.05, 0) is 54.8 Å². The lowest BCUT2D eigenvalue weighted by atomic mass is 10.0. The molecule has 3 aromatic rings. The van der Waals surface area contributed by atoms with Crippen LogP contribution >= 0.6 is 23.2 Å². The Hall–Kier alpha value is -2.75. The van der Waals surface area contributed by atoms with E-state index < -0.39 is 0 Å². The molecule has 0 bridgehead atoms.